The molecule has 2 atom stereocenters. The van der Waals surface area contributed by atoms with E-state index in [4.69, 9.17) is 0 Å². The highest BCUT2D eigenvalue weighted by Crippen LogP contribution is 2.42. The first kappa shape index (κ1) is 13.3. The van der Waals surface area contributed by atoms with Crippen molar-refractivity contribution < 1.29 is 4.79 Å². The van der Waals surface area contributed by atoms with Crippen LogP contribution in [0.2, 0.25) is 0 Å². The summed E-state index contributed by atoms with van der Waals surface area (Å²) in [6.07, 6.45) is 5.03. The van der Waals surface area contributed by atoms with E-state index in [1.54, 1.807) is 11.3 Å². The molecule has 0 saturated heterocycles. The summed E-state index contributed by atoms with van der Waals surface area (Å²) in [7, 11) is 0. The largest absolute Gasteiger partial charge is 0.349 e. The summed E-state index contributed by atoms with van der Waals surface area (Å²) in [5, 5.41) is 5.21. The first-order valence-electron chi connectivity index (χ1n) is 7.39. The smallest absolute Gasteiger partial charge is 0.251 e. The van der Waals surface area contributed by atoms with E-state index in [0.29, 0.717) is 11.5 Å². The zero-order valence-corrected chi connectivity index (χ0v) is 12.8. The second-order valence-corrected chi connectivity index (χ2v) is 6.55. The third-order valence-electron chi connectivity index (χ3n) is 4.05. The topological polar surface area (TPSA) is 34.0 Å². The molecule has 1 aliphatic carbocycles. The summed E-state index contributed by atoms with van der Waals surface area (Å²) in [6, 6.07) is 16.2. The highest BCUT2D eigenvalue weighted by molar-refractivity contribution is 7.10. The molecule has 0 aliphatic heterocycles. The average molecular weight is 308 g/mol. The van der Waals surface area contributed by atoms with Crippen LogP contribution in [0.25, 0.3) is 5.69 Å². The molecule has 0 spiro atoms. The van der Waals surface area contributed by atoms with E-state index < -0.39 is 0 Å². The van der Waals surface area contributed by atoms with Crippen LogP contribution in [0.15, 0.2) is 66.3 Å². The first-order valence-corrected chi connectivity index (χ1v) is 8.27. The van der Waals surface area contributed by atoms with Crippen molar-refractivity contribution in [2.45, 2.75) is 18.4 Å². The van der Waals surface area contributed by atoms with E-state index in [1.165, 1.54) is 4.88 Å². The average Bonchev–Trinajstić information content (AvgIpc) is 3.03. The van der Waals surface area contributed by atoms with Crippen LogP contribution in [-0.2, 0) is 0 Å². The van der Waals surface area contributed by atoms with Gasteiger partial charge in [0.1, 0.15) is 0 Å². The predicted octanol–water partition coefficient (Wildman–Crippen LogP) is 3.82. The maximum absolute atomic E-state index is 12.3. The zero-order valence-electron chi connectivity index (χ0n) is 12.0. The Morgan fingerprint density at radius 3 is 2.55 bits per heavy atom. The van der Waals surface area contributed by atoms with Crippen molar-refractivity contribution in [2.75, 3.05) is 0 Å². The predicted molar refractivity (Wildman–Crippen MR) is 88.7 cm³/mol. The highest BCUT2D eigenvalue weighted by atomic mass is 32.1. The van der Waals surface area contributed by atoms with Gasteiger partial charge in [-0.25, -0.2) is 0 Å². The molecular weight excluding hydrogens is 292 g/mol. The van der Waals surface area contributed by atoms with Crippen LogP contribution in [-0.4, -0.2) is 16.5 Å². The second-order valence-electron chi connectivity index (χ2n) is 5.57. The van der Waals surface area contributed by atoms with Gasteiger partial charge in [-0.2, -0.15) is 0 Å². The van der Waals surface area contributed by atoms with Crippen LogP contribution < -0.4 is 5.32 Å². The van der Waals surface area contributed by atoms with E-state index >= 15 is 0 Å². The minimum absolute atomic E-state index is 0.0168. The van der Waals surface area contributed by atoms with Gasteiger partial charge in [-0.1, -0.05) is 6.07 Å². The Bertz CT molecular complexity index is 760. The van der Waals surface area contributed by atoms with Gasteiger partial charge in [-0.05, 0) is 54.3 Å². The van der Waals surface area contributed by atoms with Gasteiger partial charge in [0.15, 0.2) is 0 Å². The Morgan fingerprint density at radius 1 is 1.09 bits per heavy atom. The Kier molecular flexibility index (Phi) is 3.31. The number of aromatic nitrogens is 1. The number of amides is 1. The van der Waals surface area contributed by atoms with Crippen molar-refractivity contribution in [2.24, 2.45) is 0 Å². The van der Waals surface area contributed by atoms with Gasteiger partial charge < -0.3 is 9.88 Å². The molecule has 0 radical (unpaired) electrons. The molecule has 22 heavy (non-hydrogen) atoms. The van der Waals surface area contributed by atoms with Crippen LogP contribution in [0.3, 0.4) is 0 Å². The molecule has 2 heterocycles. The normalized spacial score (nSPS) is 19.8. The van der Waals surface area contributed by atoms with Crippen LogP contribution in [0.1, 0.15) is 27.6 Å². The number of hydrogen-bond donors (Lipinski definition) is 1. The van der Waals surface area contributed by atoms with Gasteiger partial charge in [0, 0.05) is 40.5 Å². The van der Waals surface area contributed by atoms with Crippen molar-refractivity contribution in [1.82, 2.24) is 9.88 Å². The lowest BCUT2D eigenvalue weighted by molar-refractivity contribution is 0.0950. The Labute approximate surface area is 133 Å². The lowest BCUT2D eigenvalue weighted by atomic mass is 10.2. The number of thiophene rings is 1. The molecule has 110 valence electrons. The van der Waals surface area contributed by atoms with Gasteiger partial charge in [0.25, 0.3) is 5.91 Å². The van der Waals surface area contributed by atoms with E-state index in [0.717, 1.165) is 12.1 Å². The van der Waals surface area contributed by atoms with Gasteiger partial charge in [-0.3, -0.25) is 4.79 Å². The van der Waals surface area contributed by atoms with Crippen molar-refractivity contribution in [1.29, 1.82) is 0 Å². The van der Waals surface area contributed by atoms with Crippen molar-refractivity contribution in [3.05, 3.63) is 76.7 Å². The van der Waals surface area contributed by atoms with Crippen LogP contribution in [0, 0.1) is 0 Å². The molecule has 3 aromatic rings. The molecule has 1 aliphatic rings. The molecule has 1 amide bonds. The Balaban J connectivity index is 1.41. The van der Waals surface area contributed by atoms with Crippen molar-refractivity contribution in [3.63, 3.8) is 0 Å². The SMILES string of the molecule is O=C(NC1CC1c1cccs1)c1ccc(-n2cccc2)cc1. The maximum atomic E-state index is 12.3. The highest BCUT2D eigenvalue weighted by Gasteiger charge is 2.40. The number of rotatable bonds is 4. The zero-order chi connectivity index (χ0) is 14.9. The number of hydrogen-bond acceptors (Lipinski definition) is 2. The summed E-state index contributed by atoms with van der Waals surface area (Å²) < 4.78 is 2.02. The van der Waals surface area contributed by atoms with E-state index in [9.17, 15) is 4.79 Å². The first-order chi connectivity index (χ1) is 10.8. The molecule has 3 nitrogen and oxygen atoms in total. The van der Waals surface area contributed by atoms with Crippen molar-refractivity contribution in [3.8, 4) is 5.69 Å². The van der Waals surface area contributed by atoms with Gasteiger partial charge in [0.05, 0.1) is 0 Å². The summed E-state index contributed by atoms with van der Waals surface area (Å²) >= 11 is 1.77. The quantitative estimate of drug-likeness (QED) is 0.781. The lowest BCUT2D eigenvalue weighted by Crippen LogP contribution is -2.26. The maximum Gasteiger partial charge on any atom is 0.251 e. The lowest BCUT2D eigenvalue weighted by Gasteiger charge is -2.06. The number of nitrogens with zero attached hydrogens (tertiary/aromatic N) is 1. The molecule has 4 rings (SSSR count). The van der Waals surface area contributed by atoms with Gasteiger partial charge in [-0.15, -0.1) is 11.3 Å². The van der Waals surface area contributed by atoms with E-state index in [1.807, 2.05) is 53.4 Å². The molecule has 1 saturated carbocycles. The Hall–Kier alpha value is -2.33. The number of carbonyl (C=O) groups excluding carboxylic acids is 1. The van der Waals surface area contributed by atoms with Crippen molar-refractivity contribution >= 4 is 17.2 Å². The standard InChI is InChI=1S/C18H16N2OS/c21-18(19-16-12-15(16)17-4-3-11-22-17)13-5-7-14(8-6-13)20-9-1-2-10-20/h1-11,15-16H,12H2,(H,19,21). The molecular formula is C18H16N2OS. The molecule has 2 unspecified atom stereocenters. The molecule has 2 aromatic heterocycles. The molecule has 1 fully saturated rings. The fourth-order valence-corrected chi connectivity index (χ4v) is 3.62. The van der Waals surface area contributed by atoms with Gasteiger partial charge in [0.2, 0.25) is 0 Å². The van der Waals surface area contributed by atoms with E-state index in [-0.39, 0.29) is 11.9 Å². The fraction of sp³-hybridized carbons (Fsp3) is 0.167. The molecule has 1 N–H and O–H groups in total. The number of carbonyl (C=O) groups is 1. The van der Waals surface area contributed by atoms with Crippen LogP contribution >= 0.6 is 11.3 Å². The minimum Gasteiger partial charge on any atom is -0.349 e. The third-order valence-corrected chi connectivity index (χ3v) is 5.05. The fourth-order valence-electron chi connectivity index (χ4n) is 2.71. The second kappa shape index (κ2) is 5.46. The van der Waals surface area contributed by atoms with E-state index in [2.05, 4.69) is 22.8 Å². The summed E-state index contributed by atoms with van der Waals surface area (Å²) in [6.45, 7) is 0. The van der Waals surface area contributed by atoms with Crippen LogP contribution in [0.4, 0.5) is 0 Å². The number of benzene rings is 1. The molecule has 0 bridgehead atoms. The van der Waals surface area contributed by atoms with Gasteiger partial charge >= 0.3 is 0 Å². The summed E-state index contributed by atoms with van der Waals surface area (Å²) in [4.78, 5) is 13.7. The molecule has 1 aromatic carbocycles. The third kappa shape index (κ3) is 2.57. The monoisotopic (exact) mass is 308 g/mol. The molecule has 4 heteroatoms. The summed E-state index contributed by atoms with van der Waals surface area (Å²) in [5.41, 5.74) is 1.78. The number of nitrogens with one attached hydrogen (secondary N) is 1. The van der Waals surface area contributed by atoms with Crippen LogP contribution in [0.5, 0.6) is 0 Å². The Morgan fingerprint density at radius 2 is 1.86 bits per heavy atom. The summed E-state index contributed by atoms with van der Waals surface area (Å²) in [5.74, 6) is 0.520. The minimum atomic E-state index is 0.0168.